The molecule has 0 aromatic heterocycles. The Morgan fingerprint density at radius 1 is 1.31 bits per heavy atom. The number of allylic oxidation sites excluding steroid dienone is 1. The Balaban J connectivity index is 0.00000128. The molecule has 1 unspecified atom stereocenters. The fourth-order valence-corrected chi connectivity index (χ4v) is 2.64. The minimum atomic E-state index is -4.34. The van der Waals surface area contributed by atoms with Crippen LogP contribution in [0, 0.1) is 0 Å². The van der Waals surface area contributed by atoms with Crippen LogP contribution in [0.4, 0.5) is 0 Å². The first kappa shape index (κ1) is 13.9. The third kappa shape index (κ3) is 2.13. The maximum Gasteiger partial charge on any atom is 1.00 e. The van der Waals surface area contributed by atoms with E-state index in [-0.39, 0.29) is 36.0 Å². The summed E-state index contributed by atoms with van der Waals surface area (Å²) < 4.78 is 32.5. The van der Waals surface area contributed by atoms with E-state index in [2.05, 4.69) is 0 Å². The molecule has 0 spiro atoms. The van der Waals surface area contributed by atoms with Crippen molar-refractivity contribution in [3.05, 3.63) is 41.5 Å². The third-order valence-corrected chi connectivity index (χ3v) is 4.38. The van der Waals surface area contributed by atoms with Gasteiger partial charge in [0.25, 0.3) is 0 Å². The third-order valence-electron chi connectivity index (χ3n) is 2.89. The quantitative estimate of drug-likeness (QED) is 0.465. The normalized spacial score (nSPS) is 23.4. The first-order chi connectivity index (χ1) is 6.95. The van der Waals surface area contributed by atoms with Crippen molar-refractivity contribution in [3.8, 4) is 0 Å². The molecule has 1 atom stereocenters. The van der Waals surface area contributed by atoms with Gasteiger partial charge in [-0.05, 0) is 24.5 Å². The zero-order valence-corrected chi connectivity index (χ0v) is 12.1. The van der Waals surface area contributed by atoms with Gasteiger partial charge in [0.15, 0.2) is 0 Å². The molecule has 0 heterocycles. The van der Waals surface area contributed by atoms with E-state index in [1.165, 1.54) is 6.92 Å². The Bertz CT molecular complexity index is 522. The summed E-state index contributed by atoms with van der Waals surface area (Å²) in [5, 5.41) is 0. The Morgan fingerprint density at radius 3 is 2.56 bits per heavy atom. The van der Waals surface area contributed by atoms with E-state index in [0.717, 1.165) is 5.56 Å². The summed E-state index contributed by atoms with van der Waals surface area (Å²) in [7, 11) is -4.34. The second-order valence-corrected chi connectivity index (χ2v) is 5.69. The van der Waals surface area contributed by atoms with Crippen LogP contribution in [0.2, 0.25) is 0 Å². The number of hydrogen-bond acceptors (Lipinski definition) is 3. The fourth-order valence-electron chi connectivity index (χ4n) is 1.88. The van der Waals surface area contributed by atoms with Gasteiger partial charge in [0.2, 0.25) is 0 Å². The van der Waals surface area contributed by atoms with Gasteiger partial charge < -0.3 is 4.55 Å². The first-order valence-corrected chi connectivity index (χ1v) is 6.07. The van der Waals surface area contributed by atoms with Crippen LogP contribution in [0.25, 0.3) is 6.08 Å². The van der Waals surface area contributed by atoms with Gasteiger partial charge in [0.05, 0.1) is 4.75 Å². The van der Waals surface area contributed by atoms with Gasteiger partial charge in [-0.15, -0.1) is 0 Å². The summed E-state index contributed by atoms with van der Waals surface area (Å²) >= 11 is 0. The Hall–Kier alpha value is -0.130. The first-order valence-electron chi connectivity index (χ1n) is 4.67. The van der Waals surface area contributed by atoms with Crippen molar-refractivity contribution in [1.82, 2.24) is 0 Å². The molecule has 1 aliphatic carbocycles. The van der Waals surface area contributed by atoms with Crippen molar-refractivity contribution >= 4 is 16.2 Å². The van der Waals surface area contributed by atoms with Crippen LogP contribution < -0.4 is 29.6 Å². The van der Waals surface area contributed by atoms with Crippen molar-refractivity contribution in [1.29, 1.82) is 0 Å². The molecule has 0 aliphatic heterocycles. The van der Waals surface area contributed by atoms with Crippen LogP contribution in [0.15, 0.2) is 30.3 Å². The van der Waals surface area contributed by atoms with Crippen LogP contribution in [0.3, 0.4) is 0 Å². The second kappa shape index (κ2) is 4.63. The van der Waals surface area contributed by atoms with Crippen LogP contribution in [-0.4, -0.2) is 13.0 Å². The van der Waals surface area contributed by atoms with Gasteiger partial charge in [-0.1, -0.05) is 36.4 Å². The van der Waals surface area contributed by atoms with Crippen LogP contribution >= 0.6 is 0 Å². The van der Waals surface area contributed by atoms with Gasteiger partial charge in [-0.3, -0.25) is 0 Å². The van der Waals surface area contributed by atoms with E-state index in [1.54, 1.807) is 18.2 Å². The van der Waals surface area contributed by atoms with Crippen molar-refractivity contribution in [2.24, 2.45) is 0 Å². The van der Waals surface area contributed by atoms with E-state index >= 15 is 0 Å². The zero-order chi connectivity index (χ0) is 11.1. The van der Waals surface area contributed by atoms with Crippen LogP contribution in [0.1, 0.15) is 24.5 Å². The second-order valence-electron chi connectivity index (χ2n) is 3.88. The minimum Gasteiger partial charge on any atom is -0.747 e. The maximum absolute atomic E-state index is 11.3. The average Bonchev–Trinajstić information content (AvgIpc) is 2.17. The van der Waals surface area contributed by atoms with Crippen LogP contribution in [0.5, 0.6) is 0 Å². The van der Waals surface area contributed by atoms with Gasteiger partial charge in [-0.2, -0.15) is 0 Å². The smallest absolute Gasteiger partial charge is 0.747 e. The fraction of sp³-hybridized carbons (Fsp3) is 0.273. The minimum absolute atomic E-state index is 0. The Labute approximate surface area is 118 Å². The number of benzene rings is 1. The molecule has 3 nitrogen and oxygen atoms in total. The van der Waals surface area contributed by atoms with Crippen molar-refractivity contribution in [2.45, 2.75) is 18.1 Å². The zero-order valence-electron chi connectivity index (χ0n) is 9.30. The molecule has 1 aromatic rings. The van der Waals surface area contributed by atoms with Crippen LogP contribution in [-0.2, 0) is 14.9 Å². The number of fused-ring (bicyclic) bond motifs is 1. The predicted octanol–water partition coefficient (Wildman–Crippen LogP) is -1.13. The molecule has 0 saturated carbocycles. The molecule has 1 aromatic carbocycles. The van der Waals surface area contributed by atoms with Gasteiger partial charge >= 0.3 is 29.6 Å². The molecule has 5 heteroatoms. The van der Waals surface area contributed by atoms with Crippen molar-refractivity contribution < 1.29 is 42.5 Å². The molecular formula is C11H11NaO3S. The Morgan fingerprint density at radius 2 is 1.94 bits per heavy atom. The van der Waals surface area contributed by atoms with Gasteiger partial charge in [0.1, 0.15) is 10.1 Å². The summed E-state index contributed by atoms with van der Waals surface area (Å²) in [6.45, 7) is 1.48. The molecule has 2 rings (SSSR count). The molecule has 1 aliphatic rings. The van der Waals surface area contributed by atoms with Gasteiger partial charge in [0, 0.05) is 0 Å². The molecule has 0 radical (unpaired) electrons. The molecule has 0 N–H and O–H groups in total. The average molecular weight is 246 g/mol. The van der Waals surface area contributed by atoms with E-state index < -0.39 is 14.9 Å². The summed E-state index contributed by atoms with van der Waals surface area (Å²) in [6.07, 6.45) is 3.83. The summed E-state index contributed by atoms with van der Waals surface area (Å²) in [5.41, 5.74) is 1.41. The molecule has 80 valence electrons. The van der Waals surface area contributed by atoms with E-state index in [9.17, 15) is 13.0 Å². The monoisotopic (exact) mass is 246 g/mol. The number of hydrogen-bond donors (Lipinski definition) is 0. The van der Waals surface area contributed by atoms with Gasteiger partial charge in [-0.25, -0.2) is 8.42 Å². The molecule has 0 bridgehead atoms. The molecule has 0 amide bonds. The standard InChI is InChI=1S/C11H12O3S.Na/c1-11(15(12,13)14)8-4-6-9-5-2-3-7-10(9)11;/h2-7H,8H2,1H3,(H,12,13,14);/q;+1/p-1. The molecule has 0 saturated heterocycles. The molecule has 16 heavy (non-hydrogen) atoms. The molecule has 0 fully saturated rings. The Kier molecular flexibility index (Phi) is 4.03. The van der Waals surface area contributed by atoms with E-state index in [1.807, 2.05) is 18.2 Å². The summed E-state index contributed by atoms with van der Waals surface area (Å²) in [5.74, 6) is 0. The van der Waals surface area contributed by atoms with Crippen molar-refractivity contribution in [3.63, 3.8) is 0 Å². The maximum atomic E-state index is 11.3. The molecular weight excluding hydrogens is 235 g/mol. The van der Waals surface area contributed by atoms with Crippen molar-refractivity contribution in [2.75, 3.05) is 0 Å². The SMILES string of the molecule is CC1(S(=O)(=O)[O-])CC=Cc2ccccc21.[Na+]. The predicted molar refractivity (Wildman–Crippen MR) is 57.1 cm³/mol. The summed E-state index contributed by atoms with van der Waals surface area (Å²) in [4.78, 5) is 0. The number of rotatable bonds is 1. The topological polar surface area (TPSA) is 57.2 Å². The summed E-state index contributed by atoms with van der Waals surface area (Å²) in [6, 6.07) is 7.09. The largest absolute Gasteiger partial charge is 1.00 e. The van der Waals surface area contributed by atoms with E-state index in [4.69, 9.17) is 0 Å². The van der Waals surface area contributed by atoms with E-state index in [0.29, 0.717) is 5.56 Å².